The highest BCUT2D eigenvalue weighted by molar-refractivity contribution is 5.40. The second-order valence-electron chi connectivity index (χ2n) is 4.62. The van der Waals surface area contributed by atoms with Gasteiger partial charge in [-0.25, -0.2) is 0 Å². The van der Waals surface area contributed by atoms with Gasteiger partial charge in [-0.05, 0) is 19.4 Å². The van der Waals surface area contributed by atoms with Crippen LogP contribution in [-0.4, -0.2) is 40.1 Å². The van der Waals surface area contributed by atoms with Crippen molar-refractivity contribution in [3.8, 4) is 5.75 Å². The fourth-order valence-electron chi connectivity index (χ4n) is 1.89. The minimum atomic E-state index is 0.0452. The molecule has 0 saturated heterocycles. The van der Waals surface area contributed by atoms with Gasteiger partial charge < -0.3 is 19.5 Å². The van der Waals surface area contributed by atoms with Crippen molar-refractivity contribution in [3.63, 3.8) is 0 Å². The zero-order valence-corrected chi connectivity index (χ0v) is 12.4. The van der Waals surface area contributed by atoms with Crippen LogP contribution in [0.5, 0.6) is 5.75 Å². The summed E-state index contributed by atoms with van der Waals surface area (Å²) < 4.78 is 16.1. The Balaban J connectivity index is 2.66. The van der Waals surface area contributed by atoms with E-state index in [1.54, 1.807) is 14.2 Å². The van der Waals surface area contributed by atoms with E-state index in [0.29, 0.717) is 13.2 Å². The van der Waals surface area contributed by atoms with E-state index < -0.39 is 0 Å². The number of para-hydroxylation sites is 1. The smallest absolute Gasteiger partial charge is 0.127 e. The van der Waals surface area contributed by atoms with Crippen molar-refractivity contribution in [1.29, 1.82) is 0 Å². The van der Waals surface area contributed by atoms with E-state index >= 15 is 0 Å². The largest absolute Gasteiger partial charge is 0.488 e. The molecule has 1 atom stereocenters. The summed E-state index contributed by atoms with van der Waals surface area (Å²) in [7, 11) is 3.39. The summed E-state index contributed by atoms with van der Waals surface area (Å²) in [6.07, 6.45) is 0.0452. The molecule has 0 fully saturated rings. The minimum absolute atomic E-state index is 0.0452. The molecule has 0 radical (unpaired) electrons. The number of benzene rings is 1. The van der Waals surface area contributed by atoms with E-state index in [2.05, 4.69) is 30.4 Å². The average molecular weight is 267 g/mol. The Hall–Kier alpha value is -1.10. The van der Waals surface area contributed by atoms with Gasteiger partial charge in [-0.1, -0.05) is 18.2 Å². The van der Waals surface area contributed by atoms with Crippen LogP contribution in [0.3, 0.4) is 0 Å². The molecule has 0 heterocycles. The molecular weight excluding hydrogens is 242 g/mol. The number of rotatable bonds is 9. The van der Waals surface area contributed by atoms with Crippen LogP contribution in [0.25, 0.3) is 0 Å². The summed E-state index contributed by atoms with van der Waals surface area (Å²) in [5, 5.41) is 3.34. The lowest BCUT2D eigenvalue weighted by atomic mass is 10.1. The maximum atomic E-state index is 5.98. The van der Waals surface area contributed by atoms with Crippen LogP contribution < -0.4 is 10.1 Å². The zero-order chi connectivity index (χ0) is 14.1. The highest BCUT2D eigenvalue weighted by Gasteiger charge is 2.10. The highest BCUT2D eigenvalue weighted by atomic mass is 16.5. The Morgan fingerprint density at radius 1 is 1.21 bits per heavy atom. The van der Waals surface area contributed by atoms with Gasteiger partial charge in [0.25, 0.3) is 0 Å². The van der Waals surface area contributed by atoms with E-state index in [-0.39, 0.29) is 6.10 Å². The Kier molecular flexibility index (Phi) is 7.48. The molecule has 0 aliphatic heterocycles. The number of nitrogens with one attached hydrogen (secondary N) is 1. The van der Waals surface area contributed by atoms with Crippen LogP contribution in [0.15, 0.2) is 18.2 Å². The maximum Gasteiger partial charge on any atom is 0.127 e. The van der Waals surface area contributed by atoms with Crippen molar-refractivity contribution in [2.24, 2.45) is 0 Å². The molecular formula is C15H25NO3. The molecule has 1 N–H and O–H groups in total. The van der Waals surface area contributed by atoms with Gasteiger partial charge in [0.2, 0.25) is 0 Å². The molecule has 1 aromatic rings. The van der Waals surface area contributed by atoms with Gasteiger partial charge >= 0.3 is 0 Å². The second kappa shape index (κ2) is 8.91. The Bertz CT molecular complexity index is 368. The molecule has 0 saturated carbocycles. The van der Waals surface area contributed by atoms with Crippen molar-refractivity contribution in [1.82, 2.24) is 5.32 Å². The number of hydrogen-bond donors (Lipinski definition) is 1. The summed E-state index contributed by atoms with van der Waals surface area (Å²) >= 11 is 0. The van der Waals surface area contributed by atoms with Crippen LogP contribution in [0.4, 0.5) is 0 Å². The third-order valence-electron chi connectivity index (χ3n) is 2.81. The van der Waals surface area contributed by atoms with Crippen LogP contribution in [-0.2, 0) is 16.0 Å². The molecule has 0 spiro atoms. The third-order valence-corrected chi connectivity index (χ3v) is 2.81. The van der Waals surface area contributed by atoms with Crippen LogP contribution >= 0.6 is 0 Å². The van der Waals surface area contributed by atoms with E-state index in [0.717, 1.165) is 24.4 Å². The van der Waals surface area contributed by atoms with Crippen molar-refractivity contribution in [2.45, 2.75) is 26.5 Å². The topological polar surface area (TPSA) is 39.7 Å². The molecule has 1 aromatic carbocycles. The van der Waals surface area contributed by atoms with Gasteiger partial charge in [-0.15, -0.1) is 0 Å². The summed E-state index contributed by atoms with van der Waals surface area (Å²) in [6.45, 7) is 6.98. The fourth-order valence-corrected chi connectivity index (χ4v) is 1.89. The summed E-state index contributed by atoms with van der Waals surface area (Å²) in [6, 6.07) is 6.20. The van der Waals surface area contributed by atoms with Gasteiger partial charge in [0, 0.05) is 32.9 Å². The van der Waals surface area contributed by atoms with Gasteiger partial charge in [0.05, 0.1) is 13.2 Å². The van der Waals surface area contributed by atoms with Crippen LogP contribution in [0, 0.1) is 6.92 Å². The quantitative estimate of drug-likeness (QED) is 0.696. The number of hydrogen-bond acceptors (Lipinski definition) is 4. The molecule has 4 nitrogen and oxygen atoms in total. The molecule has 0 aliphatic rings. The molecule has 108 valence electrons. The van der Waals surface area contributed by atoms with Crippen LogP contribution in [0.2, 0.25) is 0 Å². The van der Waals surface area contributed by atoms with Gasteiger partial charge in [-0.3, -0.25) is 0 Å². The summed E-state index contributed by atoms with van der Waals surface area (Å²) in [5.74, 6) is 0.956. The second-order valence-corrected chi connectivity index (χ2v) is 4.62. The molecule has 4 heteroatoms. The average Bonchev–Trinajstić information content (AvgIpc) is 2.38. The Labute approximate surface area is 116 Å². The molecule has 1 unspecified atom stereocenters. The number of aryl methyl sites for hydroxylation is 1. The number of methoxy groups -OCH3 is 2. The lowest BCUT2D eigenvalue weighted by molar-refractivity contribution is 0.0908. The molecule has 0 amide bonds. The molecule has 0 aromatic heterocycles. The molecule has 19 heavy (non-hydrogen) atoms. The SMILES string of the molecule is COCCNCc1cccc(C)c1OC(C)COC. The van der Waals surface area contributed by atoms with Gasteiger partial charge in [-0.2, -0.15) is 0 Å². The lowest BCUT2D eigenvalue weighted by Crippen LogP contribution is -2.22. The highest BCUT2D eigenvalue weighted by Crippen LogP contribution is 2.24. The first-order valence-electron chi connectivity index (χ1n) is 6.62. The molecule has 1 rings (SSSR count). The predicted octanol–water partition coefficient (Wildman–Crippen LogP) is 2.14. The van der Waals surface area contributed by atoms with Gasteiger partial charge in [0.15, 0.2) is 0 Å². The summed E-state index contributed by atoms with van der Waals surface area (Å²) in [5.41, 5.74) is 2.31. The lowest BCUT2D eigenvalue weighted by Gasteiger charge is -2.19. The fraction of sp³-hybridized carbons (Fsp3) is 0.600. The predicted molar refractivity (Wildman–Crippen MR) is 76.7 cm³/mol. The monoisotopic (exact) mass is 267 g/mol. The van der Waals surface area contributed by atoms with E-state index in [4.69, 9.17) is 14.2 Å². The molecule has 0 bridgehead atoms. The van der Waals surface area contributed by atoms with E-state index in [1.807, 2.05) is 6.92 Å². The number of ether oxygens (including phenoxy) is 3. The third kappa shape index (κ3) is 5.59. The first kappa shape index (κ1) is 16.0. The first-order valence-corrected chi connectivity index (χ1v) is 6.62. The van der Waals surface area contributed by atoms with Gasteiger partial charge in [0.1, 0.15) is 11.9 Å². The van der Waals surface area contributed by atoms with Crippen molar-refractivity contribution in [3.05, 3.63) is 29.3 Å². The first-order chi connectivity index (χ1) is 9.19. The summed E-state index contributed by atoms with van der Waals surface area (Å²) in [4.78, 5) is 0. The van der Waals surface area contributed by atoms with Crippen molar-refractivity contribution in [2.75, 3.05) is 34.0 Å². The van der Waals surface area contributed by atoms with E-state index in [9.17, 15) is 0 Å². The normalized spacial score (nSPS) is 12.4. The van der Waals surface area contributed by atoms with Crippen molar-refractivity contribution >= 4 is 0 Å². The maximum absolute atomic E-state index is 5.98. The van der Waals surface area contributed by atoms with Crippen LogP contribution in [0.1, 0.15) is 18.1 Å². The van der Waals surface area contributed by atoms with Crippen molar-refractivity contribution < 1.29 is 14.2 Å². The Morgan fingerprint density at radius 3 is 2.68 bits per heavy atom. The zero-order valence-electron chi connectivity index (χ0n) is 12.4. The standard InChI is InChI=1S/C15H25NO3/c1-12-6-5-7-14(10-16-8-9-17-3)15(12)19-13(2)11-18-4/h5-7,13,16H,8-11H2,1-4H3. The molecule has 0 aliphatic carbocycles. The van der Waals surface area contributed by atoms with E-state index in [1.165, 1.54) is 5.56 Å². The minimum Gasteiger partial charge on any atom is -0.488 e. The Morgan fingerprint density at radius 2 is 2.00 bits per heavy atom.